The lowest BCUT2D eigenvalue weighted by Crippen LogP contribution is -2.19. The minimum Gasteiger partial charge on any atom is -0.368 e. The number of nitrogens with zero attached hydrogens (tertiary/aromatic N) is 4. The predicted molar refractivity (Wildman–Crippen MR) is 95.8 cm³/mol. The van der Waals surface area contributed by atoms with E-state index in [2.05, 4.69) is 58.5 Å². The van der Waals surface area contributed by atoms with Crippen LogP contribution in [0.3, 0.4) is 0 Å². The largest absolute Gasteiger partial charge is 0.368 e. The molecule has 0 spiro atoms. The molecule has 3 aromatic heterocycles. The van der Waals surface area contributed by atoms with Gasteiger partial charge in [0.2, 0.25) is 5.95 Å². The van der Waals surface area contributed by atoms with Crippen molar-refractivity contribution < 1.29 is 0 Å². The van der Waals surface area contributed by atoms with Crippen molar-refractivity contribution in [3.63, 3.8) is 0 Å². The number of anilines is 1. The van der Waals surface area contributed by atoms with Gasteiger partial charge in [-0.1, -0.05) is 0 Å². The van der Waals surface area contributed by atoms with Crippen molar-refractivity contribution >= 4 is 55.6 Å². The molecule has 9 heteroatoms. The van der Waals surface area contributed by atoms with Crippen LogP contribution in [-0.4, -0.2) is 24.5 Å². The van der Waals surface area contributed by atoms with Crippen LogP contribution in [0.4, 0.5) is 5.95 Å². The van der Waals surface area contributed by atoms with E-state index in [4.69, 9.17) is 5.73 Å². The second-order valence-electron chi connectivity index (χ2n) is 4.91. The summed E-state index contributed by atoms with van der Waals surface area (Å²) in [6.07, 6.45) is 1.81. The molecule has 0 saturated carbocycles. The van der Waals surface area contributed by atoms with Crippen molar-refractivity contribution in [2.45, 2.75) is 20.4 Å². The topological polar surface area (TPSA) is 102 Å². The lowest BCUT2D eigenvalue weighted by molar-refractivity contribution is 0.749. The number of halogens is 2. The molecule has 3 heterocycles. The first kappa shape index (κ1) is 15.4. The number of aromatic nitrogens is 5. The normalized spacial score (nSPS) is 11.3. The number of hydrogen-bond donors (Lipinski definition) is 2. The zero-order valence-electron chi connectivity index (χ0n) is 11.8. The van der Waals surface area contributed by atoms with Crippen LogP contribution in [0, 0.1) is 17.4 Å². The second kappa shape index (κ2) is 5.61. The quantitative estimate of drug-likeness (QED) is 0.437. The van der Waals surface area contributed by atoms with Crippen molar-refractivity contribution in [1.29, 1.82) is 0 Å². The molecule has 0 bridgehead atoms. The van der Waals surface area contributed by atoms with E-state index in [1.165, 1.54) is 4.57 Å². The van der Waals surface area contributed by atoms with Gasteiger partial charge in [0.1, 0.15) is 10.1 Å². The van der Waals surface area contributed by atoms with Crippen molar-refractivity contribution in [3.8, 4) is 0 Å². The van der Waals surface area contributed by atoms with E-state index in [9.17, 15) is 4.79 Å². The van der Waals surface area contributed by atoms with Gasteiger partial charge < -0.3 is 10.7 Å². The predicted octanol–water partition coefficient (Wildman–Crippen LogP) is 2.13. The van der Waals surface area contributed by atoms with Crippen LogP contribution in [-0.2, 0) is 6.54 Å². The summed E-state index contributed by atoms with van der Waals surface area (Å²) in [5, 5.41) is 0. The highest BCUT2D eigenvalue weighted by molar-refractivity contribution is 14.1. The Morgan fingerprint density at radius 1 is 1.41 bits per heavy atom. The van der Waals surface area contributed by atoms with Crippen LogP contribution < -0.4 is 11.4 Å². The van der Waals surface area contributed by atoms with E-state index < -0.39 is 0 Å². The zero-order chi connectivity index (χ0) is 16.0. The Morgan fingerprint density at radius 3 is 2.86 bits per heavy atom. The lowest BCUT2D eigenvalue weighted by atomic mass is 10.1. The van der Waals surface area contributed by atoms with Gasteiger partial charge in [0.25, 0.3) is 0 Å². The number of nitrogen functional groups attached to an aromatic ring is 1. The number of nitrogens with two attached hydrogens (primary N) is 1. The number of nitrogens with one attached hydrogen (secondary N) is 1. The first-order valence-electron chi connectivity index (χ1n) is 6.40. The Kier molecular flexibility index (Phi) is 3.93. The number of fused-ring (bicyclic) bond motifs is 1. The van der Waals surface area contributed by atoms with Gasteiger partial charge in [-0.05, 0) is 63.5 Å². The van der Waals surface area contributed by atoms with Crippen molar-refractivity contribution in [1.82, 2.24) is 24.5 Å². The molecule has 0 unspecified atom stereocenters. The highest BCUT2D eigenvalue weighted by Crippen LogP contribution is 2.21. The lowest BCUT2D eigenvalue weighted by Gasteiger charge is -2.09. The molecule has 0 fully saturated rings. The Hall–Kier alpha value is -1.49. The fraction of sp³-hybridized carbons (Fsp3) is 0.231. The summed E-state index contributed by atoms with van der Waals surface area (Å²) in [7, 11) is 0. The Labute approximate surface area is 147 Å². The molecule has 0 amide bonds. The van der Waals surface area contributed by atoms with Gasteiger partial charge in [-0.3, -0.25) is 9.55 Å². The summed E-state index contributed by atoms with van der Waals surface area (Å²) in [5.74, 6) is 0.107. The summed E-state index contributed by atoms with van der Waals surface area (Å²) in [6.45, 7) is 4.33. The number of pyridine rings is 1. The zero-order valence-corrected chi connectivity index (χ0v) is 15.6. The summed E-state index contributed by atoms with van der Waals surface area (Å²) >= 11 is 5.57. The van der Waals surface area contributed by atoms with Crippen LogP contribution in [0.25, 0.3) is 11.2 Å². The van der Waals surface area contributed by atoms with Crippen LogP contribution >= 0.6 is 38.5 Å². The van der Waals surface area contributed by atoms with Crippen LogP contribution in [0.15, 0.2) is 15.6 Å². The smallest absolute Gasteiger partial charge is 0.328 e. The third kappa shape index (κ3) is 2.51. The molecule has 3 aromatic rings. The van der Waals surface area contributed by atoms with Crippen LogP contribution in [0.1, 0.15) is 16.8 Å². The molecule has 0 saturated heterocycles. The highest BCUT2D eigenvalue weighted by Gasteiger charge is 2.15. The molecular formula is C13H12BrIN6O. The average Bonchev–Trinajstić information content (AvgIpc) is 2.76. The Morgan fingerprint density at radius 2 is 2.14 bits per heavy atom. The van der Waals surface area contributed by atoms with Gasteiger partial charge in [-0.15, -0.1) is 0 Å². The van der Waals surface area contributed by atoms with E-state index in [0.29, 0.717) is 22.3 Å². The maximum absolute atomic E-state index is 12.2. The summed E-state index contributed by atoms with van der Waals surface area (Å²) in [6, 6.07) is 0. The SMILES string of the molecule is Cc1cnc(Cn2c(=O)[nH]c3c(Br)nc(N)nc32)c(C)c1I. The molecule has 0 aliphatic rings. The van der Waals surface area contributed by atoms with Gasteiger partial charge in [0.05, 0.1) is 12.2 Å². The summed E-state index contributed by atoms with van der Waals surface area (Å²) in [5.41, 5.74) is 9.38. The molecular weight excluding hydrogens is 463 g/mol. The van der Waals surface area contributed by atoms with Crippen molar-refractivity contribution in [2.24, 2.45) is 0 Å². The van der Waals surface area contributed by atoms with Gasteiger partial charge >= 0.3 is 5.69 Å². The first-order chi connectivity index (χ1) is 10.4. The molecule has 7 nitrogen and oxygen atoms in total. The molecule has 3 rings (SSSR count). The molecule has 114 valence electrons. The maximum atomic E-state index is 12.2. The van der Waals surface area contributed by atoms with E-state index in [-0.39, 0.29) is 11.6 Å². The highest BCUT2D eigenvalue weighted by atomic mass is 127. The Balaban J connectivity index is 2.18. The second-order valence-corrected chi connectivity index (χ2v) is 6.74. The molecule has 0 aliphatic heterocycles. The number of imidazole rings is 1. The van der Waals surface area contributed by atoms with Crippen LogP contribution in [0.5, 0.6) is 0 Å². The first-order valence-corrected chi connectivity index (χ1v) is 8.27. The minimum absolute atomic E-state index is 0.107. The average molecular weight is 475 g/mol. The van der Waals surface area contributed by atoms with E-state index in [1.807, 2.05) is 20.0 Å². The monoisotopic (exact) mass is 474 g/mol. The van der Waals surface area contributed by atoms with Crippen molar-refractivity contribution in [2.75, 3.05) is 5.73 Å². The Bertz CT molecular complexity index is 948. The number of H-pyrrole nitrogens is 1. The number of aromatic amines is 1. The summed E-state index contributed by atoms with van der Waals surface area (Å²) in [4.78, 5) is 27.5. The fourth-order valence-corrected chi connectivity index (χ4v) is 3.13. The maximum Gasteiger partial charge on any atom is 0.328 e. The van der Waals surface area contributed by atoms with Gasteiger partial charge in [-0.25, -0.2) is 9.78 Å². The third-order valence-corrected chi connectivity index (χ3v) is 5.66. The molecule has 0 aliphatic carbocycles. The number of hydrogen-bond acceptors (Lipinski definition) is 5. The number of aryl methyl sites for hydroxylation is 1. The minimum atomic E-state index is -0.271. The van der Waals surface area contributed by atoms with Crippen LogP contribution in [0.2, 0.25) is 0 Å². The molecule has 22 heavy (non-hydrogen) atoms. The summed E-state index contributed by atoms with van der Waals surface area (Å²) < 4.78 is 3.12. The van der Waals surface area contributed by atoms with Gasteiger partial charge in [0, 0.05) is 9.77 Å². The third-order valence-electron chi connectivity index (χ3n) is 3.43. The van der Waals surface area contributed by atoms with Crippen molar-refractivity contribution in [3.05, 3.63) is 41.7 Å². The molecule has 0 aromatic carbocycles. The van der Waals surface area contributed by atoms with E-state index in [0.717, 1.165) is 20.4 Å². The number of rotatable bonds is 2. The standard InChI is InChI=1S/C13H12BrIN6O/c1-5-3-17-7(6(2)8(5)15)4-21-11-9(18-13(21)22)10(14)19-12(16)20-11/h3H,4H2,1-2H3,(H,18,22)(H2,16,19,20). The molecule has 0 radical (unpaired) electrons. The molecule has 3 N–H and O–H groups in total. The van der Waals surface area contributed by atoms with Gasteiger partial charge in [0.15, 0.2) is 5.65 Å². The van der Waals surface area contributed by atoms with Gasteiger partial charge in [-0.2, -0.15) is 4.98 Å². The molecule has 0 atom stereocenters. The fourth-order valence-electron chi connectivity index (χ4n) is 2.22. The van der Waals surface area contributed by atoms with E-state index >= 15 is 0 Å². The van der Waals surface area contributed by atoms with E-state index in [1.54, 1.807) is 0 Å².